The van der Waals surface area contributed by atoms with Gasteiger partial charge in [0.2, 0.25) is 11.6 Å². The van der Waals surface area contributed by atoms with Crippen molar-refractivity contribution in [3.63, 3.8) is 0 Å². The van der Waals surface area contributed by atoms with Gasteiger partial charge >= 0.3 is 5.69 Å². The third-order valence-electron chi connectivity index (χ3n) is 5.40. The quantitative estimate of drug-likeness (QED) is 0.495. The Labute approximate surface area is 163 Å². The fraction of sp³-hybridized carbons (Fsp3) is 0.333. The van der Waals surface area contributed by atoms with E-state index in [9.17, 15) is 10.1 Å². The fourth-order valence-electron chi connectivity index (χ4n) is 4.01. The standard InChI is InChI=1S/C21H23N5O2/c1-2-16-10-5-6-13-25(16)21-19(26(27)28)20(22-14-23-21)24-18-12-7-9-15-8-3-4-11-17(15)18/h3-4,7-9,11-12,14,16H,2,5-6,10,13H2,1H3,(H,22,23,24). The molecule has 1 unspecified atom stereocenters. The number of hydrogen-bond donors (Lipinski definition) is 1. The van der Waals surface area contributed by atoms with Crippen LogP contribution in [0.2, 0.25) is 0 Å². The monoisotopic (exact) mass is 377 g/mol. The first-order valence-electron chi connectivity index (χ1n) is 9.70. The van der Waals surface area contributed by atoms with Crippen molar-refractivity contribution < 1.29 is 4.92 Å². The SMILES string of the molecule is CCC1CCCCN1c1ncnc(Nc2cccc3ccccc23)c1[N+](=O)[O-]. The molecule has 7 heteroatoms. The Kier molecular flexibility index (Phi) is 5.06. The molecule has 1 N–H and O–H groups in total. The minimum absolute atomic E-state index is 0.0595. The second-order valence-electron chi connectivity index (χ2n) is 7.05. The lowest BCUT2D eigenvalue weighted by Crippen LogP contribution is -2.40. The number of anilines is 3. The van der Waals surface area contributed by atoms with Crippen molar-refractivity contribution >= 4 is 33.8 Å². The Morgan fingerprint density at radius 3 is 2.82 bits per heavy atom. The zero-order valence-corrected chi connectivity index (χ0v) is 15.8. The Hall–Kier alpha value is -3.22. The van der Waals surface area contributed by atoms with Gasteiger partial charge in [-0.25, -0.2) is 9.97 Å². The maximum absolute atomic E-state index is 12.0. The molecule has 2 aromatic carbocycles. The Morgan fingerprint density at radius 2 is 2.00 bits per heavy atom. The van der Waals surface area contributed by atoms with Crippen LogP contribution in [0.4, 0.5) is 23.0 Å². The normalized spacial score (nSPS) is 16.9. The number of piperidine rings is 1. The number of nitrogens with one attached hydrogen (secondary N) is 1. The molecule has 0 radical (unpaired) electrons. The van der Waals surface area contributed by atoms with Gasteiger partial charge in [0.1, 0.15) is 6.33 Å². The molecule has 4 rings (SSSR count). The van der Waals surface area contributed by atoms with Crippen LogP contribution in [0.1, 0.15) is 32.6 Å². The third-order valence-corrected chi connectivity index (χ3v) is 5.40. The minimum Gasteiger partial charge on any atom is -0.348 e. The van der Waals surface area contributed by atoms with Gasteiger partial charge in [0, 0.05) is 23.7 Å². The molecule has 3 aromatic rings. The summed E-state index contributed by atoms with van der Waals surface area (Å²) in [4.78, 5) is 22.2. The van der Waals surface area contributed by atoms with Gasteiger partial charge in [0.25, 0.3) is 0 Å². The lowest BCUT2D eigenvalue weighted by Gasteiger charge is -2.35. The molecule has 1 aliphatic heterocycles. The summed E-state index contributed by atoms with van der Waals surface area (Å²) < 4.78 is 0. The van der Waals surface area contributed by atoms with Gasteiger partial charge < -0.3 is 10.2 Å². The Balaban J connectivity index is 1.78. The molecule has 1 aliphatic rings. The zero-order valence-electron chi connectivity index (χ0n) is 15.8. The van der Waals surface area contributed by atoms with Gasteiger partial charge in [0.15, 0.2) is 0 Å². The minimum atomic E-state index is -0.371. The molecule has 0 amide bonds. The van der Waals surface area contributed by atoms with Crippen LogP contribution in [0.15, 0.2) is 48.8 Å². The van der Waals surface area contributed by atoms with Crippen molar-refractivity contribution in [2.45, 2.75) is 38.6 Å². The first-order chi connectivity index (χ1) is 13.7. The van der Waals surface area contributed by atoms with Gasteiger partial charge in [-0.1, -0.05) is 43.3 Å². The van der Waals surface area contributed by atoms with E-state index in [-0.39, 0.29) is 22.5 Å². The zero-order chi connectivity index (χ0) is 19.5. The number of fused-ring (bicyclic) bond motifs is 1. The number of benzene rings is 2. The van der Waals surface area contributed by atoms with Crippen LogP contribution >= 0.6 is 0 Å². The van der Waals surface area contributed by atoms with Crippen LogP contribution in [0.5, 0.6) is 0 Å². The smallest absolute Gasteiger partial charge is 0.348 e. The lowest BCUT2D eigenvalue weighted by atomic mass is 10.00. The van der Waals surface area contributed by atoms with Crippen LogP contribution < -0.4 is 10.2 Å². The van der Waals surface area contributed by atoms with E-state index in [0.717, 1.165) is 48.7 Å². The van der Waals surface area contributed by atoms with Crippen LogP contribution in [0.3, 0.4) is 0 Å². The molecular formula is C21H23N5O2. The van der Waals surface area contributed by atoms with Crippen molar-refractivity contribution in [1.29, 1.82) is 0 Å². The molecule has 2 heterocycles. The molecule has 1 saturated heterocycles. The molecule has 28 heavy (non-hydrogen) atoms. The molecule has 0 spiro atoms. The van der Waals surface area contributed by atoms with Gasteiger partial charge in [-0.15, -0.1) is 0 Å². The maximum atomic E-state index is 12.0. The van der Waals surface area contributed by atoms with Gasteiger partial charge in [-0.3, -0.25) is 10.1 Å². The average molecular weight is 377 g/mol. The number of rotatable bonds is 5. The first kappa shape index (κ1) is 18.2. The van der Waals surface area contributed by atoms with E-state index in [2.05, 4.69) is 27.1 Å². The highest BCUT2D eigenvalue weighted by Crippen LogP contribution is 2.38. The van der Waals surface area contributed by atoms with Gasteiger partial charge in [-0.05, 0) is 37.1 Å². The Morgan fingerprint density at radius 1 is 1.18 bits per heavy atom. The molecule has 1 atom stereocenters. The van der Waals surface area contributed by atoms with Crippen LogP contribution in [-0.2, 0) is 0 Å². The van der Waals surface area contributed by atoms with Crippen LogP contribution in [0, 0.1) is 10.1 Å². The van der Waals surface area contributed by atoms with E-state index < -0.39 is 0 Å². The van der Waals surface area contributed by atoms with E-state index in [1.54, 1.807) is 0 Å². The highest BCUT2D eigenvalue weighted by Gasteiger charge is 2.31. The highest BCUT2D eigenvalue weighted by molar-refractivity contribution is 5.96. The number of hydrogen-bond acceptors (Lipinski definition) is 6. The maximum Gasteiger partial charge on any atom is 0.353 e. The third kappa shape index (κ3) is 3.35. The molecule has 1 fully saturated rings. The second kappa shape index (κ2) is 7.80. The molecular weight excluding hydrogens is 354 g/mol. The molecule has 0 bridgehead atoms. The molecule has 7 nitrogen and oxygen atoms in total. The highest BCUT2D eigenvalue weighted by atomic mass is 16.6. The first-order valence-corrected chi connectivity index (χ1v) is 9.70. The molecule has 0 aliphatic carbocycles. The lowest BCUT2D eigenvalue weighted by molar-refractivity contribution is -0.383. The molecule has 144 valence electrons. The summed E-state index contributed by atoms with van der Waals surface area (Å²) in [5.74, 6) is 0.640. The summed E-state index contributed by atoms with van der Waals surface area (Å²) in [7, 11) is 0. The van der Waals surface area contributed by atoms with E-state index in [1.807, 2.05) is 42.5 Å². The van der Waals surface area contributed by atoms with E-state index in [1.165, 1.54) is 6.33 Å². The van der Waals surface area contributed by atoms with Gasteiger partial charge in [-0.2, -0.15) is 0 Å². The number of nitrogens with zero attached hydrogens (tertiary/aromatic N) is 4. The van der Waals surface area contributed by atoms with Crippen molar-refractivity contribution in [1.82, 2.24) is 9.97 Å². The summed E-state index contributed by atoms with van der Waals surface area (Å²) in [5, 5.41) is 17.2. The second-order valence-corrected chi connectivity index (χ2v) is 7.05. The largest absolute Gasteiger partial charge is 0.353 e. The van der Waals surface area contributed by atoms with Gasteiger partial charge in [0.05, 0.1) is 4.92 Å². The summed E-state index contributed by atoms with van der Waals surface area (Å²) in [6.07, 6.45) is 5.55. The fourth-order valence-corrected chi connectivity index (χ4v) is 4.01. The van der Waals surface area contributed by atoms with Crippen LogP contribution in [-0.4, -0.2) is 27.5 Å². The summed E-state index contributed by atoms with van der Waals surface area (Å²) in [6, 6.07) is 14.0. The summed E-state index contributed by atoms with van der Waals surface area (Å²) in [6.45, 7) is 2.90. The van der Waals surface area contributed by atoms with Crippen molar-refractivity contribution in [2.24, 2.45) is 0 Å². The Bertz CT molecular complexity index is 1000. The summed E-state index contributed by atoms with van der Waals surface area (Å²) in [5.41, 5.74) is 0.729. The van der Waals surface area contributed by atoms with Crippen LogP contribution in [0.25, 0.3) is 10.8 Å². The van der Waals surface area contributed by atoms with E-state index in [0.29, 0.717) is 5.82 Å². The van der Waals surface area contributed by atoms with Crippen molar-refractivity contribution in [3.8, 4) is 0 Å². The average Bonchev–Trinajstić information content (AvgIpc) is 2.73. The van der Waals surface area contributed by atoms with Crippen molar-refractivity contribution in [3.05, 3.63) is 58.9 Å². The molecule has 1 aromatic heterocycles. The summed E-state index contributed by atoms with van der Waals surface area (Å²) >= 11 is 0. The van der Waals surface area contributed by atoms with Crippen molar-refractivity contribution in [2.75, 3.05) is 16.8 Å². The number of aromatic nitrogens is 2. The van der Waals surface area contributed by atoms with E-state index >= 15 is 0 Å². The predicted molar refractivity (Wildman–Crippen MR) is 111 cm³/mol. The predicted octanol–water partition coefficient (Wildman–Crippen LogP) is 5.05. The number of nitro groups is 1. The van der Waals surface area contributed by atoms with E-state index in [4.69, 9.17) is 0 Å². The molecule has 0 saturated carbocycles. The topological polar surface area (TPSA) is 84.2 Å².